The molecule has 4 aromatic rings. The maximum Gasteiger partial charge on any atom is 0.264 e. The maximum absolute atomic E-state index is 13.5. The van der Waals surface area contributed by atoms with E-state index in [-0.39, 0.29) is 4.90 Å². The summed E-state index contributed by atoms with van der Waals surface area (Å²) >= 11 is 0. The van der Waals surface area contributed by atoms with Gasteiger partial charge in [0.1, 0.15) is 23.8 Å². The summed E-state index contributed by atoms with van der Waals surface area (Å²) in [6.45, 7) is -0.423. The highest BCUT2D eigenvalue weighted by atomic mass is 32.2. The molecule has 1 amide bonds. The molecule has 0 atom stereocenters. The Kier molecular flexibility index (Phi) is 7.32. The van der Waals surface area contributed by atoms with Gasteiger partial charge in [-0.05, 0) is 60.7 Å². The highest BCUT2D eigenvalue weighted by Crippen LogP contribution is 2.28. The van der Waals surface area contributed by atoms with E-state index in [0.29, 0.717) is 28.6 Å². The fraction of sp³-hybridized carbons (Fsp3) is 0.0741. The quantitative estimate of drug-likeness (QED) is 0.345. The lowest BCUT2D eigenvalue weighted by molar-refractivity contribution is -0.114. The van der Waals surface area contributed by atoms with Crippen LogP contribution in [0.25, 0.3) is 0 Å². The van der Waals surface area contributed by atoms with Crippen LogP contribution in [0.15, 0.2) is 114 Å². The van der Waals surface area contributed by atoms with Crippen LogP contribution in [0.2, 0.25) is 0 Å². The van der Waals surface area contributed by atoms with Crippen molar-refractivity contribution in [3.63, 3.8) is 0 Å². The van der Waals surface area contributed by atoms with Crippen LogP contribution < -0.4 is 19.1 Å². The minimum atomic E-state index is -4.02. The molecule has 35 heavy (non-hydrogen) atoms. The van der Waals surface area contributed by atoms with Crippen LogP contribution in [0.4, 0.5) is 11.4 Å². The third kappa shape index (κ3) is 5.99. The zero-order chi connectivity index (χ0) is 24.7. The average molecular weight is 489 g/mol. The van der Waals surface area contributed by atoms with Crippen molar-refractivity contribution in [3.8, 4) is 17.2 Å². The van der Waals surface area contributed by atoms with Gasteiger partial charge < -0.3 is 14.8 Å². The van der Waals surface area contributed by atoms with Gasteiger partial charge in [-0.15, -0.1) is 0 Å². The normalized spacial score (nSPS) is 10.9. The van der Waals surface area contributed by atoms with E-state index in [0.717, 1.165) is 4.31 Å². The predicted octanol–water partition coefficient (Wildman–Crippen LogP) is 5.32. The molecule has 0 aromatic heterocycles. The molecule has 0 aliphatic rings. The molecule has 0 heterocycles. The number of hydrogen-bond donors (Lipinski definition) is 1. The van der Waals surface area contributed by atoms with Crippen molar-refractivity contribution in [2.24, 2.45) is 0 Å². The molecule has 0 saturated carbocycles. The topological polar surface area (TPSA) is 84.9 Å². The summed E-state index contributed by atoms with van der Waals surface area (Å²) in [5.41, 5.74) is 0.827. The van der Waals surface area contributed by atoms with Gasteiger partial charge in [0.25, 0.3) is 10.0 Å². The number of nitrogens with one attached hydrogen (secondary N) is 1. The van der Waals surface area contributed by atoms with Crippen LogP contribution in [0.3, 0.4) is 0 Å². The fourth-order valence-corrected chi connectivity index (χ4v) is 4.81. The summed E-state index contributed by atoms with van der Waals surface area (Å²) in [7, 11) is -2.49. The average Bonchev–Trinajstić information content (AvgIpc) is 2.89. The Balaban J connectivity index is 1.61. The van der Waals surface area contributed by atoms with E-state index in [4.69, 9.17) is 9.47 Å². The summed E-state index contributed by atoms with van der Waals surface area (Å²) in [6.07, 6.45) is 0. The maximum atomic E-state index is 13.5. The lowest BCUT2D eigenvalue weighted by Gasteiger charge is -2.24. The molecule has 0 bridgehead atoms. The molecule has 8 heteroatoms. The largest absolute Gasteiger partial charge is 0.497 e. The Morgan fingerprint density at radius 2 is 1.37 bits per heavy atom. The summed E-state index contributed by atoms with van der Waals surface area (Å²) in [6, 6.07) is 30.6. The van der Waals surface area contributed by atoms with Gasteiger partial charge in [0.05, 0.1) is 17.7 Å². The number of anilines is 2. The van der Waals surface area contributed by atoms with Gasteiger partial charge in [-0.25, -0.2) is 8.42 Å². The SMILES string of the molecule is COc1cccc(NC(=O)CN(c2ccc(Oc3ccccc3)cc2)S(=O)(=O)c2ccccc2)c1. The van der Waals surface area contributed by atoms with Crippen LogP contribution in [-0.2, 0) is 14.8 Å². The van der Waals surface area contributed by atoms with E-state index in [1.807, 2.05) is 30.3 Å². The Morgan fingerprint density at radius 1 is 0.771 bits per heavy atom. The van der Waals surface area contributed by atoms with Crippen molar-refractivity contribution in [3.05, 3.63) is 109 Å². The first-order valence-electron chi connectivity index (χ1n) is 10.8. The first-order chi connectivity index (χ1) is 17.0. The number of carbonyl (C=O) groups excluding carboxylic acids is 1. The second-order valence-corrected chi connectivity index (χ2v) is 9.38. The Labute approximate surface area is 204 Å². The second-order valence-electron chi connectivity index (χ2n) is 7.51. The first-order valence-corrected chi connectivity index (χ1v) is 12.2. The molecule has 0 radical (unpaired) electrons. The van der Waals surface area contributed by atoms with Gasteiger partial charge >= 0.3 is 0 Å². The van der Waals surface area contributed by atoms with Crippen LogP contribution >= 0.6 is 0 Å². The predicted molar refractivity (Wildman–Crippen MR) is 136 cm³/mol. The van der Waals surface area contributed by atoms with Gasteiger partial charge in [-0.1, -0.05) is 42.5 Å². The molecule has 7 nitrogen and oxygen atoms in total. The number of ether oxygens (including phenoxy) is 2. The van der Waals surface area contributed by atoms with Gasteiger partial charge in [-0.2, -0.15) is 0 Å². The fourth-order valence-electron chi connectivity index (χ4n) is 3.37. The van der Waals surface area contributed by atoms with E-state index in [9.17, 15) is 13.2 Å². The smallest absolute Gasteiger partial charge is 0.264 e. The first kappa shape index (κ1) is 23.8. The van der Waals surface area contributed by atoms with Crippen molar-refractivity contribution >= 4 is 27.3 Å². The van der Waals surface area contributed by atoms with Crippen LogP contribution in [0.1, 0.15) is 0 Å². The molecular formula is C27H24N2O5S. The van der Waals surface area contributed by atoms with Gasteiger partial charge in [-0.3, -0.25) is 9.10 Å². The zero-order valence-electron chi connectivity index (χ0n) is 19.0. The molecular weight excluding hydrogens is 464 g/mol. The summed E-state index contributed by atoms with van der Waals surface area (Å²) in [5.74, 6) is 1.28. The van der Waals surface area contributed by atoms with Crippen LogP contribution in [0, 0.1) is 0 Å². The number of methoxy groups -OCH3 is 1. The second kappa shape index (κ2) is 10.8. The Morgan fingerprint density at radius 3 is 2.03 bits per heavy atom. The summed E-state index contributed by atoms with van der Waals surface area (Å²) < 4.78 is 39.0. The highest BCUT2D eigenvalue weighted by Gasteiger charge is 2.27. The van der Waals surface area contributed by atoms with E-state index in [1.54, 1.807) is 66.7 Å². The van der Waals surface area contributed by atoms with Crippen molar-refractivity contribution in [2.75, 3.05) is 23.3 Å². The van der Waals surface area contributed by atoms with Gasteiger partial charge in [0, 0.05) is 11.8 Å². The Hall–Kier alpha value is -4.30. The number of carbonyl (C=O) groups is 1. The van der Waals surface area contributed by atoms with Crippen molar-refractivity contribution in [1.82, 2.24) is 0 Å². The molecule has 4 rings (SSSR count). The molecule has 0 fully saturated rings. The van der Waals surface area contributed by atoms with Gasteiger partial charge in [0.2, 0.25) is 5.91 Å². The number of sulfonamides is 1. The van der Waals surface area contributed by atoms with Crippen molar-refractivity contribution in [1.29, 1.82) is 0 Å². The number of rotatable bonds is 9. The lowest BCUT2D eigenvalue weighted by Crippen LogP contribution is -2.38. The lowest BCUT2D eigenvalue weighted by atomic mass is 10.3. The number of hydrogen-bond acceptors (Lipinski definition) is 5. The van der Waals surface area contributed by atoms with Crippen molar-refractivity contribution in [2.45, 2.75) is 4.90 Å². The monoisotopic (exact) mass is 488 g/mol. The highest BCUT2D eigenvalue weighted by molar-refractivity contribution is 7.92. The number of nitrogens with zero attached hydrogens (tertiary/aromatic N) is 1. The van der Waals surface area contributed by atoms with Gasteiger partial charge in [0.15, 0.2) is 0 Å². The molecule has 4 aromatic carbocycles. The number of amides is 1. The third-order valence-corrected chi connectivity index (χ3v) is 6.86. The number of para-hydroxylation sites is 1. The molecule has 0 aliphatic heterocycles. The molecule has 0 unspecified atom stereocenters. The van der Waals surface area contributed by atoms with E-state index < -0.39 is 22.5 Å². The molecule has 178 valence electrons. The Bertz CT molecular complexity index is 1380. The zero-order valence-corrected chi connectivity index (χ0v) is 19.8. The molecule has 1 N–H and O–H groups in total. The van der Waals surface area contributed by atoms with Crippen molar-refractivity contribution < 1.29 is 22.7 Å². The van der Waals surface area contributed by atoms with Crippen LogP contribution in [0.5, 0.6) is 17.2 Å². The van der Waals surface area contributed by atoms with E-state index in [2.05, 4.69) is 5.32 Å². The minimum Gasteiger partial charge on any atom is -0.497 e. The standard InChI is InChI=1S/C27H24N2O5S/c1-33-25-12-8-9-21(19-25)28-27(30)20-29(35(31,32)26-13-6-3-7-14-26)22-15-17-24(18-16-22)34-23-10-4-2-5-11-23/h2-19H,20H2,1H3,(H,28,30). The summed E-state index contributed by atoms with van der Waals surface area (Å²) in [5, 5.41) is 2.73. The van der Waals surface area contributed by atoms with E-state index >= 15 is 0 Å². The summed E-state index contributed by atoms with van der Waals surface area (Å²) in [4.78, 5) is 13.0. The van der Waals surface area contributed by atoms with Crippen LogP contribution in [-0.4, -0.2) is 28.0 Å². The third-order valence-electron chi connectivity index (χ3n) is 5.08. The van der Waals surface area contributed by atoms with E-state index in [1.165, 1.54) is 19.2 Å². The molecule has 0 saturated heterocycles. The number of benzene rings is 4. The molecule has 0 spiro atoms. The minimum absolute atomic E-state index is 0.0822. The molecule has 0 aliphatic carbocycles.